The number of rotatable bonds is 5. The topological polar surface area (TPSA) is 60.5 Å². The van der Waals surface area contributed by atoms with E-state index in [1.54, 1.807) is 31.7 Å². The Hall–Kier alpha value is -2.35. The van der Waals surface area contributed by atoms with Crippen LogP contribution in [0.2, 0.25) is 10.0 Å². The van der Waals surface area contributed by atoms with Crippen LogP contribution >= 0.6 is 34.5 Å². The first-order valence-electron chi connectivity index (χ1n) is 7.56. The third-order valence-corrected chi connectivity index (χ3v) is 5.02. The van der Waals surface area contributed by atoms with Gasteiger partial charge < -0.3 is 9.47 Å². The van der Waals surface area contributed by atoms with Crippen LogP contribution in [0.1, 0.15) is 10.4 Å². The van der Waals surface area contributed by atoms with Crippen molar-refractivity contribution < 1.29 is 18.7 Å². The lowest BCUT2D eigenvalue weighted by molar-refractivity contribution is 0.102. The normalized spacial score (nSPS) is 10.6. The molecule has 27 heavy (non-hydrogen) atoms. The lowest BCUT2D eigenvalue weighted by atomic mass is 10.1. The largest absolute Gasteiger partial charge is 0.493 e. The maximum absolute atomic E-state index is 13.6. The smallest absolute Gasteiger partial charge is 0.259 e. The molecule has 1 amide bonds. The third kappa shape index (κ3) is 4.16. The van der Waals surface area contributed by atoms with Crippen molar-refractivity contribution in [3.63, 3.8) is 0 Å². The summed E-state index contributed by atoms with van der Waals surface area (Å²) in [6.07, 6.45) is 0. The Labute approximate surface area is 168 Å². The molecule has 9 heteroatoms. The zero-order valence-corrected chi connectivity index (χ0v) is 16.5. The highest BCUT2D eigenvalue weighted by Crippen LogP contribution is 2.33. The van der Waals surface area contributed by atoms with E-state index in [0.29, 0.717) is 22.3 Å². The molecular weight excluding hydrogens is 414 g/mol. The highest BCUT2D eigenvalue weighted by molar-refractivity contribution is 7.14. The lowest BCUT2D eigenvalue weighted by Gasteiger charge is -2.08. The lowest BCUT2D eigenvalue weighted by Crippen LogP contribution is -2.12. The van der Waals surface area contributed by atoms with Gasteiger partial charge >= 0.3 is 0 Å². The van der Waals surface area contributed by atoms with E-state index in [0.717, 1.165) is 11.6 Å². The van der Waals surface area contributed by atoms with Gasteiger partial charge in [0.1, 0.15) is 5.82 Å². The minimum absolute atomic E-state index is 0.0265. The third-order valence-electron chi connectivity index (χ3n) is 3.66. The summed E-state index contributed by atoms with van der Waals surface area (Å²) in [5.41, 5.74) is 1.41. The van der Waals surface area contributed by atoms with Crippen molar-refractivity contribution in [2.24, 2.45) is 0 Å². The highest BCUT2D eigenvalue weighted by atomic mass is 35.5. The molecule has 0 radical (unpaired) electrons. The van der Waals surface area contributed by atoms with Gasteiger partial charge in [0.15, 0.2) is 16.6 Å². The first-order chi connectivity index (χ1) is 12.9. The van der Waals surface area contributed by atoms with Crippen molar-refractivity contribution in [1.82, 2.24) is 4.98 Å². The van der Waals surface area contributed by atoms with Crippen molar-refractivity contribution in [3.05, 3.63) is 57.1 Å². The summed E-state index contributed by atoms with van der Waals surface area (Å²) in [7, 11) is 3.10. The number of nitrogens with zero attached hydrogens (tertiary/aromatic N) is 1. The summed E-state index contributed by atoms with van der Waals surface area (Å²) in [6, 6.07) is 7.55. The molecule has 1 aromatic heterocycles. The second-order valence-electron chi connectivity index (χ2n) is 5.31. The van der Waals surface area contributed by atoms with Crippen LogP contribution in [-0.4, -0.2) is 25.1 Å². The van der Waals surface area contributed by atoms with Gasteiger partial charge in [0.2, 0.25) is 0 Å². The van der Waals surface area contributed by atoms with Crippen molar-refractivity contribution in [1.29, 1.82) is 0 Å². The number of anilines is 1. The Balaban J connectivity index is 1.82. The Kier molecular flexibility index (Phi) is 5.84. The minimum Gasteiger partial charge on any atom is -0.493 e. The van der Waals surface area contributed by atoms with Gasteiger partial charge in [-0.1, -0.05) is 23.2 Å². The van der Waals surface area contributed by atoms with Crippen LogP contribution in [0, 0.1) is 5.82 Å². The molecule has 0 atom stereocenters. The number of benzene rings is 2. The van der Waals surface area contributed by atoms with Gasteiger partial charge in [-0.25, -0.2) is 9.37 Å². The van der Waals surface area contributed by atoms with Crippen LogP contribution in [0.15, 0.2) is 35.7 Å². The predicted molar refractivity (Wildman–Crippen MR) is 105 cm³/mol. The number of carbonyl (C=O) groups is 1. The van der Waals surface area contributed by atoms with E-state index in [9.17, 15) is 9.18 Å². The van der Waals surface area contributed by atoms with E-state index < -0.39 is 11.7 Å². The van der Waals surface area contributed by atoms with Crippen LogP contribution in [0.25, 0.3) is 11.3 Å². The predicted octanol–water partition coefficient (Wildman–Crippen LogP) is 5.53. The van der Waals surface area contributed by atoms with Gasteiger partial charge in [-0.05, 0) is 30.3 Å². The van der Waals surface area contributed by atoms with Gasteiger partial charge in [0.25, 0.3) is 5.91 Å². The first kappa shape index (κ1) is 19.4. The van der Waals surface area contributed by atoms with E-state index in [-0.39, 0.29) is 15.6 Å². The molecule has 0 aliphatic heterocycles. The number of carbonyl (C=O) groups excluding carboxylic acids is 1. The molecule has 0 spiro atoms. The molecule has 0 aliphatic carbocycles. The summed E-state index contributed by atoms with van der Waals surface area (Å²) in [4.78, 5) is 16.7. The fourth-order valence-electron chi connectivity index (χ4n) is 2.32. The summed E-state index contributed by atoms with van der Waals surface area (Å²) < 4.78 is 24.1. The number of hydrogen-bond acceptors (Lipinski definition) is 5. The second-order valence-corrected chi connectivity index (χ2v) is 6.98. The summed E-state index contributed by atoms with van der Waals surface area (Å²) in [5, 5.41) is 4.63. The number of thiazole rings is 1. The van der Waals surface area contributed by atoms with E-state index in [1.165, 1.54) is 17.4 Å². The van der Waals surface area contributed by atoms with Crippen LogP contribution in [-0.2, 0) is 0 Å². The summed E-state index contributed by atoms with van der Waals surface area (Å²) >= 11 is 12.8. The molecule has 0 saturated heterocycles. The Morgan fingerprint density at radius 3 is 2.56 bits per heavy atom. The molecule has 3 aromatic rings. The number of halogens is 3. The van der Waals surface area contributed by atoms with E-state index in [1.807, 2.05) is 6.07 Å². The maximum atomic E-state index is 13.6. The molecular formula is C18H13Cl2FN2O3S. The Morgan fingerprint density at radius 2 is 1.85 bits per heavy atom. The van der Waals surface area contributed by atoms with E-state index in [2.05, 4.69) is 10.3 Å². The fraction of sp³-hybridized carbons (Fsp3) is 0.111. The van der Waals surface area contributed by atoms with Gasteiger partial charge in [-0.15, -0.1) is 11.3 Å². The average molecular weight is 427 g/mol. The van der Waals surface area contributed by atoms with Gasteiger partial charge in [-0.3, -0.25) is 10.1 Å². The standard InChI is InChI=1S/C18H13Cl2FN2O3S/c1-25-15-4-3-9(5-16(15)26-2)14-8-27-18(22-14)23-17(24)10-6-13(21)12(20)7-11(10)19/h3-8H,1-2H3,(H,22,23,24). The molecule has 5 nitrogen and oxygen atoms in total. The minimum atomic E-state index is -0.726. The Morgan fingerprint density at radius 1 is 1.11 bits per heavy atom. The van der Waals surface area contributed by atoms with Gasteiger partial charge in [0, 0.05) is 10.9 Å². The Bertz CT molecular complexity index is 1010. The van der Waals surface area contributed by atoms with Crippen molar-refractivity contribution in [2.45, 2.75) is 0 Å². The zero-order chi connectivity index (χ0) is 19.6. The van der Waals surface area contributed by atoms with Crippen LogP contribution < -0.4 is 14.8 Å². The maximum Gasteiger partial charge on any atom is 0.259 e. The number of hydrogen-bond donors (Lipinski definition) is 1. The number of ether oxygens (including phenoxy) is 2. The fourth-order valence-corrected chi connectivity index (χ4v) is 3.50. The van der Waals surface area contributed by atoms with Crippen LogP contribution in [0.4, 0.5) is 9.52 Å². The molecule has 0 bridgehead atoms. The van der Waals surface area contributed by atoms with Crippen molar-refractivity contribution in [3.8, 4) is 22.8 Å². The molecule has 0 saturated carbocycles. The molecule has 0 fully saturated rings. The highest BCUT2D eigenvalue weighted by Gasteiger charge is 2.16. The van der Waals surface area contributed by atoms with Crippen LogP contribution in [0.5, 0.6) is 11.5 Å². The van der Waals surface area contributed by atoms with Crippen molar-refractivity contribution in [2.75, 3.05) is 19.5 Å². The monoisotopic (exact) mass is 426 g/mol. The van der Waals surface area contributed by atoms with E-state index >= 15 is 0 Å². The molecule has 1 N–H and O–H groups in total. The first-order valence-corrected chi connectivity index (χ1v) is 9.20. The molecule has 0 aliphatic rings. The molecule has 2 aromatic carbocycles. The number of amides is 1. The molecule has 0 unspecified atom stereocenters. The quantitative estimate of drug-likeness (QED) is 0.545. The number of nitrogens with one attached hydrogen (secondary N) is 1. The van der Waals surface area contributed by atoms with E-state index in [4.69, 9.17) is 32.7 Å². The van der Waals surface area contributed by atoms with Gasteiger partial charge in [-0.2, -0.15) is 0 Å². The van der Waals surface area contributed by atoms with Crippen molar-refractivity contribution >= 4 is 45.6 Å². The molecule has 140 valence electrons. The van der Waals surface area contributed by atoms with Gasteiger partial charge in [0.05, 0.1) is 35.5 Å². The zero-order valence-electron chi connectivity index (χ0n) is 14.2. The number of aromatic nitrogens is 1. The van der Waals surface area contributed by atoms with Crippen LogP contribution in [0.3, 0.4) is 0 Å². The molecule has 3 rings (SSSR count). The second kappa shape index (κ2) is 8.12. The number of methoxy groups -OCH3 is 2. The summed E-state index contributed by atoms with van der Waals surface area (Å²) in [5.74, 6) is -0.137. The molecule has 1 heterocycles. The SMILES string of the molecule is COc1ccc(-c2csc(NC(=O)c3cc(F)c(Cl)cc3Cl)n2)cc1OC. The summed E-state index contributed by atoms with van der Waals surface area (Å²) in [6.45, 7) is 0. The average Bonchev–Trinajstić information content (AvgIpc) is 3.12.